The highest BCUT2D eigenvalue weighted by molar-refractivity contribution is 9.10. The zero-order valence-electron chi connectivity index (χ0n) is 20.9. The third-order valence-corrected chi connectivity index (χ3v) is 6.38. The van der Waals surface area contributed by atoms with E-state index in [2.05, 4.69) is 20.9 Å². The van der Waals surface area contributed by atoms with Crippen LogP contribution in [0.5, 0.6) is 0 Å². The molecule has 0 bridgehead atoms. The average molecular weight is 734 g/mol. The molecule has 0 aliphatic rings. The second-order valence-electron chi connectivity index (χ2n) is 8.67. The Morgan fingerprint density at radius 3 is 1.87 bits per heavy atom. The van der Waals surface area contributed by atoms with Crippen LogP contribution >= 0.6 is 15.9 Å². The number of hydrogen-bond donors (Lipinski definition) is 2. The van der Waals surface area contributed by atoms with Crippen molar-refractivity contribution < 1.29 is 76.3 Å². The molecule has 0 saturated heterocycles. The predicted octanol–water partition coefficient (Wildman–Crippen LogP) is 8.60. The molecule has 3 rings (SSSR count). The molecule has 6 nitrogen and oxygen atoms in total. The Hall–Kier alpha value is -4.01. The predicted molar refractivity (Wildman–Crippen MR) is 126 cm³/mol. The van der Waals surface area contributed by atoms with Gasteiger partial charge in [0.2, 0.25) is 0 Å². The number of hydroxylamine groups is 1. The third-order valence-electron chi connectivity index (χ3n) is 5.76. The third kappa shape index (κ3) is 6.82. The number of nitrogens with one attached hydrogen (secondary N) is 1. The number of alkyl halides is 13. The summed E-state index contributed by atoms with van der Waals surface area (Å²) in [5, 5.41) is 11.1. The topological polar surface area (TPSA) is 82.5 Å². The van der Waals surface area contributed by atoms with E-state index in [-0.39, 0.29) is 6.07 Å². The van der Waals surface area contributed by atoms with Crippen LogP contribution in [-0.2, 0) is 18.0 Å². The quantitative estimate of drug-likeness (QED) is 0.156. The molecule has 0 fully saturated rings. The fourth-order valence-electron chi connectivity index (χ4n) is 3.60. The molecule has 3 aromatic rings. The van der Waals surface area contributed by atoms with E-state index in [1.807, 2.05) is 0 Å². The lowest BCUT2D eigenvalue weighted by molar-refractivity contribution is -0.348. The normalized spacial score (nSPS) is 13.1. The molecule has 0 unspecified atom stereocenters. The van der Waals surface area contributed by atoms with Gasteiger partial charge in [-0.25, -0.2) is 8.78 Å². The smallest absolute Gasteiger partial charge is 0.320 e. The van der Waals surface area contributed by atoms with E-state index in [1.165, 1.54) is 5.32 Å². The molecule has 1 heterocycles. The molecule has 45 heavy (non-hydrogen) atoms. The van der Waals surface area contributed by atoms with Crippen LogP contribution in [0.25, 0.3) is 0 Å². The Bertz CT molecular complexity index is 1600. The Morgan fingerprint density at radius 1 is 0.822 bits per heavy atom. The first-order chi connectivity index (χ1) is 20.3. The van der Waals surface area contributed by atoms with Crippen molar-refractivity contribution in [3.63, 3.8) is 0 Å². The summed E-state index contributed by atoms with van der Waals surface area (Å²) in [6.45, 7) is 0. The second-order valence-corrected chi connectivity index (χ2v) is 9.53. The molecule has 2 N–H and O–H groups in total. The molecule has 0 radical (unpaired) electrons. The molecule has 0 saturated carbocycles. The molecule has 0 spiro atoms. The van der Waals surface area contributed by atoms with Gasteiger partial charge in [-0.2, -0.15) is 57.7 Å². The van der Waals surface area contributed by atoms with Crippen LogP contribution in [0.15, 0.2) is 53.1 Å². The molecular formula is C24H10BrF14N3O3. The van der Waals surface area contributed by atoms with Gasteiger partial charge in [0.05, 0.1) is 22.4 Å². The van der Waals surface area contributed by atoms with Crippen molar-refractivity contribution in [1.29, 1.82) is 0 Å². The van der Waals surface area contributed by atoms with E-state index in [0.29, 0.717) is 30.5 Å². The van der Waals surface area contributed by atoms with Crippen molar-refractivity contribution in [2.24, 2.45) is 0 Å². The number of nitrogens with zero attached hydrogens (tertiary/aromatic N) is 2. The molecule has 0 aliphatic carbocycles. The summed E-state index contributed by atoms with van der Waals surface area (Å²) < 4.78 is 187. The number of carbonyl (C=O) groups excluding carboxylic acids is 2. The fourth-order valence-corrected chi connectivity index (χ4v) is 4.16. The number of benzene rings is 2. The number of hydrogen-bond acceptors (Lipinski definition) is 4. The standard InChI is InChI=1S/C24H10BrF14N3O3/c25-13-7-10(20(27,23(34,35)36)24(37,38)39)6-12(21(28,29)30)17(13)41-18(43)11-2-1-3-14(16(11)26)42(45)19(44)9-4-5-15(40-8-9)22(31,32)33/h1-8,45H,(H,41,43). The first kappa shape index (κ1) is 35.5. The van der Waals surface area contributed by atoms with Crippen LogP contribution in [0, 0.1) is 5.82 Å². The van der Waals surface area contributed by atoms with Crippen molar-refractivity contribution in [2.45, 2.75) is 30.4 Å². The SMILES string of the molecule is O=C(Nc1c(Br)cc(C(F)(C(F)(F)F)C(F)(F)F)cc1C(F)(F)F)c1cccc(N(O)C(=O)c2ccc(C(F)(F)F)nc2)c1F. The fraction of sp³-hybridized carbons (Fsp3) is 0.208. The van der Waals surface area contributed by atoms with Crippen LogP contribution in [-0.4, -0.2) is 34.4 Å². The van der Waals surface area contributed by atoms with Gasteiger partial charge in [-0.1, -0.05) is 6.07 Å². The van der Waals surface area contributed by atoms with E-state index in [1.54, 1.807) is 0 Å². The van der Waals surface area contributed by atoms with E-state index in [0.717, 1.165) is 6.07 Å². The zero-order chi connectivity index (χ0) is 34.5. The van der Waals surface area contributed by atoms with Gasteiger partial charge in [0, 0.05) is 16.2 Å². The van der Waals surface area contributed by atoms with Crippen LogP contribution in [0.4, 0.5) is 72.8 Å². The molecule has 244 valence electrons. The lowest BCUT2D eigenvalue weighted by atomic mass is 9.92. The monoisotopic (exact) mass is 733 g/mol. The Balaban J connectivity index is 2.04. The maximum atomic E-state index is 15.2. The molecule has 1 aromatic heterocycles. The van der Waals surface area contributed by atoms with E-state index in [9.17, 15) is 71.9 Å². The van der Waals surface area contributed by atoms with E-state index < -0.39 is 103 Å². The Kier molecular flexibility index (Phi) is 9.25. The van der Waals surface area contributed by atoms with Crippen LogP contribution in [0.2, 0.25) is 0 Å². The highest BCUT2D eigenvalue weighted by atomic mass is 79.9. The average Bonchev–Trinajstić information content (AvgIpc) is 2.90. The van der Waals surface area contributed by atoms with Gasteiger partial charge >= 0.3 is 30.4 Å². The minimum Gasteiger partial charge on any atom is -0.320 e. The highest BCUT2D eigenvalue weighted by Crippen LogP contribution is 2.55. The van der Waals surface area contributed by atoms with Gasteiger partial charge in [-0.3, -0.25) is 19.8 Å². The lowest BCUT2D eigenvalue weighted by Crippen LogP contribution is -2.50. The summed E-state index contributed by atoms with van der Waals surface area (Å²) in [7, 11) is 0. The maximum Gasteiger partial charge on any atom is 0.435 e. The summed E-state index contributed by atoms with van der Waals surface area (Å²) in [5.74, 6) is -5.32. The first-order valence-electron chi connectivity index (χ1n) is 11.2. The molecule has 21 heteroatoms. The number of halogens is 15. The van der Waals surface area contributed by atoms with Crippen LogP contribution < -0.4 is 10.4 Å². The molecule has 2 amide bonds. The molecule has 0 atom stereocenters. The number of carbonyl (C=O) groups is 2. The number of aromatic nitrogens is 1. The summed E-state index contributed by atoms with van der Waals surface area (Å²) in [5.41, 5.74) is -17.5. The van der Waals surface area contributed by atoms with Crippen molar-refractivity contribution in [3.8, 4) is 0 Å². The van der Waals surface area contributed by atoms with Gasteiger partial charge < -0.3 is 5.32 Å². The van der Waals surface area contributed by atoms with Gasteiger partial charge in [-0.15, -0.1) is 0 Å². The van der Waals surface area contributed by atoms with Crippen molar-refractivity contribution >= 4 is 39.1 Å². The van der Waals surface area contributed by atoms with Crippen LogP contribution in [0.1, 0.15) is 37.5 Å². The summed E-state index contributed by atoms with van der Waals surface area (Å²) in [6, 6.07) is 1.61. The Morgan fingerprint density at radius 2 is 1.40 bits per heavy atom. The largest absolute Gasteiger partial charge is 0.435 e. The molecule has 2 aromatic carbocycles. The minimum atomic E-state index is -6.80. The van der Waals surface area contributed by atoms with E-state index in [4.69, 9.17) is 0 Å². The van der Waals surface area contributed by atoms with Crippen molar-refractivity contribution in [2.75, 3.05) is 10.4 Å². The van der Waals surface area contributed by atoms with Gasteiger partial charge in [-0.05, 0) is 52.3 Å². The highest BCUT2D eigenvalue weighted by Gasteiger charge is 2.73. The number of pyridine rings is 1. The van der Waals surface area contributed by atoms with E-state index >= 15 is 4.39 Å². The van der Waals surface area contributed by atoms with Gasteiger partial charge in [0.15, 0.2) is 5.82 Å². The maximum absolute atomic E-state index is 15.2. The zero-order valence-corrected chi connectivity index (χ0v) is 22.5. The van der Waals surface area contributed by atoms with Crippen molar-refractivity contribution in [3.05, 3.63) is 86.9 Å². The molecule has 0 aliphatic heterocycles. The minimum absolute atomic E-state index is 0.332. The van der Waals surface area contributed by atoms with Gasteiger partial charge in [0.1, 0.15) is 11.4 Å². The summed E-state index contributed by atoms with van der Waals surface area (Å²) in [4.78, 5) is 28.1. The van der Waals surface area contributed by atoms with Gasteiger partial charge in [0.25, 0.3) is 11.8 Å². The summed E-state index contributed by atoms with van der Waals surface area (Å²) in [6.07, 6.45) is -24.0. The number of amides is 2. The lowest BCUT2D eigenvalue weighted by Gasteiger charge is -2.31. The summed E-state index contributed by atoms with van der Waals surface area (Å²) >= 11 is 2.26. The Labute approximate surface area is 248 Å². The first-order valence-corrected chi connectivity index (χ1v) is 12.0. The number of anilines is 2. The van der Waals surface area contributed by atoms with Crippen LogP contribution in [0.3, 0.4) is 0 Å². The van der Waals surface area contributed by atoms with Crippen molar-refractivity contribution in [1.82, 2.24) is 4.98 Å². The second kappa shape index (κ2) is 11.7. The molecular weight excluding hydrogens is 724 g/mol. The number of rotatable bonds is 5.